The topological polar surface area (TPSA) is 66.6 Å². The molecular weight excluding hydrogens is 757 g/mol. The number of aryl methyl sites for hydroxylation is 1. The molecule has 0 bridgehead atoms. The van der Waals surface area contributed by atoms with Gasteiger partial charge in [0.1, 0.15) is 5.84 Å². The van der Waals surface area contributed by atoms with Crippen LogP contribution in [0.15, 0.2) is 222 Å². The van der Waals surface area contributed by atoms with Crippen molar-refractivity contribution < 1.29 is 0 Å². The van der Waals surface area contributed by atoms with Crippen molar-refractivity contribution in [1.82, 2.24) is 19.9 Å². The van der Waals surface area contributed by atoms with E-state index in [1.165, 1.54) is 11.1 Å². The number of rotatable bonds is 9. The lowest BCUT2D eigenvalue weighted by Crippen LogP contribution is -2.35. The Morgan fingerprint density at radius 3 is 1.37 bits per heavy atom. The molecule has 0 saturated carbocycles. The number of hydrogen-bond acceptors (Lipinski definition) is 6. The quantitative estimate of drug-likeness (QED) is 0.146. The summed E-state index contributed by atoms with van der Waals surface area (Å²) in [6, 6.07) is 73.4. The second-order valence-electron chi connectivity index (χ2n) is 15.5. The number of aliphatic imine (C=N–C) groups is 2. The van der Waals surface area contributed by atoms with Crippen LogP contribution in [-0.4, -0.2) is 38.6 Å². The van der Waals surface area contributed by atoms with E-state index >= 15 is 0 Å². The van der Waals surface area contributed by atoms with E-state index in [9.17, 15) is 0 Å². The Balaban J connectivity index is 1.01. The van der Waals surface area contributed by atoms with Gasteiger partial charge in [0.2, 0.25) is 0 Å². The predicted molar refractivity (Wildman–Crippen MR) is 254 cm³/mol. The van der Waals surface area contributed by atoms with E-state index in [0.717, 1.165) is 67.0 Å². The van der Waals surface area contributed by atoms with Crippen LogP contribution in [0, 0.1) is 6.92 Å². The Bertz CT molecular complexity index is 3030. The van der Waals surface area contributed by atoms with E-state index in [1.807, 2.05) is 84.9 Å². The largest absolute Gasteiger partial charge is 0.333 e. The minimum Gasteiger partial charge on any atom is -0.333 e. The summed E-state index contributed by atoms with van der Waals surface area (Å²) in [6.07, 6.45) is -0.306. The normalized spacial score (nSPS) is 13.6. The molecule has 2 heterocycles. The summed E-state index contributed by atoms with van der Waals surface area (Å²) in [7, 11) is 2.09. The van der Waals surface area contributed by atoms with E-state index < -0.39 is 0 Å². The van der Waals surface area contributed by atoms with E-state index in [-0.39, 0.29) is 6.17 Å². The molecule has 8 aromatic carbocycles. The van der Waals surface area contributed by atoms with Crippen molar-refractivity contribution in [3.05, 3.63) is 235 Å². The summed E-state index contributed by atoms with van der Waals surface area (Å²) in [4.78, 5) is 27.6. The highest BCUT2D eigenvalue weighted by atomic mass is 15.3. The predicted octanol–water partition coefficient (Wildman–Crippen LogP) is 13.0. The average molecular weight is 799 g/mol. The molecule has 9 aromatic rings. The molecule has 1 aliphatic heterocycles. The monoisotopic (exact) mass is 798 g/mol. The zero-order chi connectivity index (χ0) is 41.8. The minimum atomic E-state index is -0.306. The molecule has 0 spiro atoms. The van der Waals surface area contributed by atoms with E-state index in [4.69, 9.17) is 24.9 Å². The Morgan fingerprint density at radius 1 is 0.371 bits per heavy atom. The van der Waals surface area contributed by atoms with Gasteiger partial charge in [-0.25, -0.2) is 24.9 Å². The number of benzene rings is 8. The summed E-state index contributed by atoms with van der Waals surface area (Å²) < 4.78 is 0. The van der Waals surface area contributed by atoms with Crippen molar-refractivity contribution in [2.75, 3.05) is 7.05 Å². The number of aromatic nitrogens is 3. The van der Waals surface area contributed by atoms with Gasteiger partial charge in [0.15, 0.2) is 29.5 Å². The van der Waals surface area contributed by atoms with Crippen LogP contribution in [0.5, 0.6) is 0 Å². The third kappa shape index (κ3) is 7.85. The number of amidine groups is 2. The molecule has 1 atom stereocenters. The van der Waals surface area contributed by atoms with Gasteiger partial charge in [-0.3, -0.25) is 0 Å². The molecule has 0 saturated heterocycles. The molecule has 0 fully saturated rings. The van der Waals surface area contributed by atoms with Gasteiger partial charge >= 0.3 is 0 Å². The van der Waals surface area contributed by atoms with Crippen molar-refractivity contribution in [3.63, 3.8) is 0 Å². The average Bonchev–Trinajstić information content (AvgIpc) is 3.35. The fourth-order valence-electron chi connectivity index (χ4n) is 8.04. The Morgan fingerprint density at radius 2 is 0.790 bits per heavy atom. The highest BCUT2D eigenvalue weighted by Gasteiger charge is 2.27. The summed E-state index contributed by atoms with van der Waals surface area (Å²) >= 11 is 0. The molecule has 10 rings (SSSR count). The second-order valence-corrected chi connectivity index (χ2v) is 15.5. The molecule has 0 amide bonds. The molecule has 1 unspecified atom stereocenters. The SMILES string of the molecule is Cc1ccc(C2N=C(c3ccccc3)N=C(c3cccc(-c4ccccc4)c3)N2C)cc1-c1cccc(-c2cccc(-c3nc(-c4ccccc4)nc(-c4ccccc4)n3)c2)c1. The summed E-state index contributed by atoms with van der Waals surface area (Å²) in [5.41, 5.74) is 13.8. The molecular formula is C56H42N6. The first-order valence-corrected chi connectivity index (χ1v) is 20.8. The fraction of sp³-hybridized carbons (Fsp3) is 0.0536. The van der Waals surface area contributed by atoms with Crippen LogP contribution in [0.4, 0.5) is 0 Å². The summed E-state index contributed by atoms with van der Waals surface area (Å²) in [5.74, 6) is 3.49. The van der Waals surface area contributed by atoms with E-state index in [1.54, 1.807) is 0 Å². The smallest absolute Gasteiger partial charge is 0.164 e. The zero-order valence-electron chi connectivity index (χ0n) is 34.5. The van der Waals surface area contributed by atoms with Gasteiger partial charge in [-0.15, -0.1) is 0 Å². The number of hydrogen-bond donors (Lipinski definition) is 0. The molecule has 0 N–H and O–H groups in total. The fourth-order valence-corrected chi connectivity index (χ4v) is 8.04. The highest BCUT2D eigenvalue weighted by molar-refractivity contribution is 6.13. The number of nitrogens with zero attached hydrogens (tertiary/aromatic N) is 6. The molecule has 62 heavy (non-hydrogen) atoms. The van der Waals surface area contributed by atoms with Gasteiger partial charge in [-0.2, -0.15) is 0 Å². The Labute approximate surface area is 362 Å². The molecule has 6 nitrogen and oxygen atoms in total. The van der Waals surface area contributed by atoms with Crippen LogP contribution < -0.4 is 0 Å². The molecule has 6 heteroatoms. The van der Waals surface area contributed by atoms with E-state index in [2.05, 4.69) is 146 Å². The van der Waals surface area contributed by atoms with Crippen molar-refractivity contribution >= 4 is 11.7 Å². The van der Waals surface area contributed by atoms with Gasteiger partial charge < -0.3 is 4.90 Å². The first-order chi connectivity index (χ1) is 30.5. The van der Waals surface area contributed by atoms with Crippen LogP contribution >= 0.6 is 0 Å². The maximum atomic E-state index is 5.32. The summed E-state index contributed by atoms with van der Waals surface area (Å²) in [6.45, 7) is 2.17. The van der Waals surface area contributed by atoms with Crippen LogP contribution in [0.3, 0.4) is 0 Å². The van der Waals surface area contributed by atoms with Crippen LogP contribution in [0.1, 0.15) is 28.4 Å². The molecule has 296 valence electrons. The first-order valence-electron chi connectivity index (χ1n) is 20.8. The van der Waals surface area contributed by atoms with Gasteiger partial charge in [0.25, 0.3) is 0 Å². The lowest BCUT2D eigenvalue weighted by atomic mass is 9.93. The highest BCUT2D eigenvalue weighted by Crippen LogP contribution is 2.36. The molecule has 1 aromatic heterocycles. The molecule has 0 radical (unpaired) electrons. The third-order valence-electron chi connectivity index (χ3n) is 11.3. The minimum absolute atomic E-state index is 0.306. The van der Waals surface area contributed by atoms with Crippen LogP contribution in [-0.2, 0) is 0 Å². The van der Waals surface area contributed by atoms with Crippen molar-refractivity contribution in [2.45, 2.75) is 13.1 Å². The molecule has 1 aliphatic rings. The van der Waals surface area contributed by atoms with Gasteiger partial charge in [0, 0.05) is 34.9 Å². The lowest BCUT2D eigenvalue weighted by molar-refractivity contribution is 0.383. The van der Waals surface area contributed by atoms with Gasteiger partial charge in [-0.1, -0.05) is 188 Å². The second kappa shape index (κ2) is 16.9. The lowest BCUT2D eigenvalue weighted by Gasteiger charge is -2.33. The summed E-state index contributed by atoms with van der Waals surface area (Å²) in [5, 5.41) is 0. The van der Waals surface area contributed by atoms with Crippen LogP contribution in [0.2, 0.25) is 0 Å². The Kier molecular flexibility index (Phi) is 10.4. The van der Waals surface area contributed by atoms with Crippen molar-refractivity contribution in [1.29, 1.82) is 0 Å². The van der Waals surface area contributed by atoms with Gasteiger partial charge in [0.05, 0.1) is 0 Å². The first kappa shape index (κ1) is 38.1. The third-order valence-corrected chi connectivity index (χ3v) is 11.3. The Hall–Kier alpha value is -8.09. The van der Waals surface area contributed by atoms with Gasteiger partial charge in [-0.05, 0) is 75.7 Å². The molecule has 0 aliphatic carbocycles. The van der Waals surface area contributed by atoms with Crippen molar-refractivity contribution in [2.24, 2.45) is 9.98 Å². The van der Waals surface area contributed by atoms with Crippen molar-refractivity contribution in [3.8, 4) is 67.5 Å². The maximum absolute atomic E-state index is 5.32. The zero-order valence-corrected chi connectivity index (χ0v) is 34.5. The van der Waals surface area contributed by atoms with Crippen LogP contribution in [0.25, 0.3) is 67.5 Å². The standard InChI is InChI=1S/C56H42N6/c1-38-32-33-49(56-61-53(42-24-13-6-14-25-42)60-55(62(56)2)48-31-17-26-43(36-48)39-18-7-3-8-19-39)37-50(38)46-29-15-27-44(34-46)45-28-16-30-47(35-45)54-58-51(40-20-9-4-10-21-40)57-52(59-54)41-22-11-5-12-23-41/h3-37,56H,1-2H3. The maximum Gasteiger partial charge on any atom is 0.164 e. The van der Waals surface area contributed by atoms with E-state index in [0.29, 0.717) is 23.3 Å².